The van der Waals surface area contributed by atoms with Crippen LogP contribution in [-0.4, -0.2) is 26.9 Å². The number of nitrogens with one attached hydrogen (secondary N) is 2. The van der Waals surface area contributed by atoms with Gasteiger partial charge < -0.3 is 15.0 Å². The maximum absolute atomic E-state index is 12.0. The second kappa shape index (κ2) is 7.93. The van der Waals surface area contributed by atoms with E-state index in [1.54, 1.807) is 18.8 Å². The molecule has 0 amide bonds. The van der Waals surface area contributed by atoms with Crippen molar-refractivity contribution in [2.75, 3.05) is 7.11 Å². The van der Waals surface area contributed by atoms with Gasteiger partial charge in [-0.25, -0.2) is 4.98 Å². The van der Waals surface area contributed by atoms with Crippen molar-refractivity contribution in [2.45, 2.75) is 13.1 Å². The Hall–Kier alpha value is -4.30. The standard InChI is InChI=1S/C26H22N6O2/c1-32-25(26-28-20-11-17-13-27-14-18(17)12-21(20)29-26)24(31-33)23(30-32)16-9-7-15(8-10-16)19-5-3-4-6-22(19)34-2/h3-12,27H,13-14H2,1-2H3,(H,28,29). The lowest BCUT2D eigenvalue weighted by molar-refractivity contribution is 0.416. The largest absolute Gasteiger partial charge is 0.496 e. The third kappa shape index (κ3) is 3.19. The van der Waals surface area contributed by atoms with Gasteiger partial charge in [-0.15, -0.1) is 4.91 Å². The highest BCUT2D eigenvalue weighted by molar-refractivity contribution is 5.87. The Bertz CT molecular complexity index is 1510. The van der Waals surface area contributed by atoms with Gasteiger partial charge in [-0.1, -0.05) is 42.5 Å². The highest BCUT2D eigenvalue weighted by atomic mass is 16.5. The summed E-state index contributed by atoms with van der Waals surface area (Å²) < 4.78 is 7.14. The summed E-state index contributed by atoms with van der Waals surface area (Å²) in [6.45, 7) is 1.69. The Labute approximate surface area is 195 Å². The Kier molecular flexibility index (Phi) is 4.74. The number of imidazole rings is 1. The predicted octanol–water partition coefficient (Wildman–Crippen LogP) is 5.31. The molecular formula is C26H22N6O2. The fraction of sp³-hybridized carbons (Fsp3) is 0.154. The van der Waals surface area contributed by atoms with E-state index in [9.17, 15) is 4.91 Å². The molecule has 3 heterocycles. The number of hydrogen-bond acceptors (Lipinski definition) is 6. The average Bonchev–Trinajstić information content (AvgIpc) is 3.58. The van der Waals surface area contributed by atoms with E-state index in [0.717, 1.165) is 46.6 Å². The van der Waals surface area contributed by atoms with E-state index in [2.05, 4.69) is 32.7 Å². The third-order valence-electron chi connectivity index (χ3n) is 6.35. The SMILES string of the molecule is COc1ccccc1-c1ccc(-c2nn(C)c(-c3nc4cc5c(cc4[nH]3)CNC5)c2N=O)cc1. The zero-order valence-corrected chi connectivity index (χ0v) is 18.8. The maximum Gasteiger partial charge on any atom is 0.165 e. The first-order valence-corrected chi connectivity index (χ1v) is 11.0. The van der Waals surface area contributed by atoms with Gasteiger partial charge in [-0.05, 0) is 40.1 Å². The fourth-order valence-electron chi connectivity index (χ4n) is 4.67. The molecule has 0 bridgehead atoms. The number of H-pyrrole nitrogens is 1. The number of para-hydroxylation sites is 1. The summed E-state index contributed by atoms with van der Waals surface area (Å²) in [5, 5.41) is 11.3. The minimum absolute atomic E-state index is 0.265. The van der Waals surface area contributed by atoms with E-state index in [0.29, 0.717) is 17.2 Å². The van der Waals surface area contributed by atoms with Crippen molar-refractivity contribution in [1.29, 1.82) is 0 Å². The monoisotopic (exact) mass is 450 g/mol. The number of rotatable bonds is 5. The summed E-state index contributed by atoms with van der Waals surface area (Å²) in [6.07, 6.45) is 0. The smallest absolute Gasteiger partial charge is 0.165 e. The molecule has 0 aliphatic carbocycles. The van der Waals surface area contributed by atoms with Crippen molar-refractivity contribution < 1.29 is 4.74 Å². The molecule has 0 atom stereocenters. The second-order valence-corrected chi connectivity index (χ2v) is 8.37. The van der Waals surface area contributed by atoms with Crippen LogP contribution in [0.15, 0.2) is 65.8 Å². The molecule has 168 valence electrons. The topological polar surface area (TPSA) is 97.2 Å². The van der Waals surface area contributed by atoms with Crippen LogP contribution in [-0.2, 0) is 20.1 Å². The quantitative estimate of drug-likeness (QED) is 0.354. The highest BCUT2D eigenvalue weighted by Gasteiger charge is 2.23. The van der Waals surface area contributed by atoms with Crippen molar-refractivity contribution in [3.8, 4) is 39.7 Å². The first-order chi connectivity index (χ1) is 16.7. The maximum atomic E-state index is 12.0. The first-order valence-electron chi connectivity index (χ1n) is 11.0. The van der Waals surface area contributed by atoms with Crippen LogP contribution < -0.4 is 10.1 Å². The van der Waals surface area contributed by atoms with E-state index < -0.39 is 0 Å². The number of ether oxygens (including phenoxy) is 1. The Balaban J connectivity index is 1.41. The van der Waals surface area contributed by atoms with E-state index in [4.69, 9.17) is 9.72 Å². The number of nitrogens with zero attached hydrogens (tertiary/aromatic N) is 4. The minimum Gasteiger partial charge on any atom is -0.496 e. The first kappa shape index (κ1) is 20.3. The summed E-state index contributed by atoms with van der Waals surface area (Å²) in [6, 6.07) is 19.9. The molecule has 0 fully saturated rings. The molecule has 1 aliphatic heterocycles. The predicted molar refractivity (Wildman–Crippen MR) is 132 cm³/mol. The summed E-state index contributed by atoms with van der Waals surface area (Å²) in [5.74, 6) is 1.38. The lowest BCUT2D eigenvalue weighted by atomic mass is 10.0. The summed E-state index contributed by atoms with van der Waals surface area (Å²) in [7, 11) is 3.46. The van der Waals surface area contributed by atoms with Crippen molar-refractivity contribution in [3.63, 3.8) is 0 Å². The zero-order valence-electron chi connectivity index (χ0n) is 18.8. The fourth-order valence-corrected chi connectivity index (χ4v) is 4.67. The number of aromatic amines is 1. The second-order valence-electron chi connectivity index (χ2n) is 8.37. The van der Waals surface area contributed by atoms with Gasteiger partial charge >= 0.3 is 0 Å². The number of methoxy groups -OCH3 is 1. The summed E-state index contributed by atoms with van der Waals surface area (Å²) >= 11 is 0. The number of aromatic nitrogens is 4. The van der Waals surface area contributed by atoms with Crippen molar-refractivity contribution in [2.24, 2.45) is 12.2 Å². The normalized spacial score (nSPS) is 12.8. The van der Waals surface area contributed by atoms with Gasteiger partial charge in [0.25, 0.3) is 0 Å². The molecule has 1 aliphatic rings. The summed E-state index contributed by atoms with van der Waals surface area (Å²) in [5.41, 5.74) is 8.46. The minimum atomic E-state index is 0.265. The van der Waals surface area contributed by atoms with E-state index in [1.807, 2.05) is 48.5 Å². The molecule has 2 N–H and O–H groups in total. The van der Waals surface area contributed by atoms with E-state index >= 15 is 0 Å². The molecule has 8 heteroatoms. The van der Waals surface area contributed by atoms with Crippen LogP contribution >= 0.6 is 0 Å². The van der Waals surface area contributed by atoms with Gasteiger partial charge in [-0.3, -0.25) is 4.68 Å². The Morgan fingerprint density at radius 3 is 2.50 bits per heavy atom. The van der Waals surface area contributed by atoms with Gasteiger partial charge in [0.1, 0.15) is 17.1 Å². The lowest BCUT2D eigenvalue weighted by Crippen LogP contribution is -1.99. The molecule has 2 aromatic heterocycles. The Morgan fingerprint density at radius 2 is 1.74 bits per heavy atom. The molecule has 0 spiro atoms. The van der Waals surface area contributed by atoms with Crippen LogP contribution in [0.4, 0.5) is 5.69 Å². The number of aryl methyl sites for hydroxylation is 1. The number of benzene rings is 3. The summed E-state index contributed by atoms with van der Waals surface area (Å²) in [4.78, 5) is 20.1. The average molecular weight is 451 g/mol. The molecule has 3 aromatic carbocycles. The molecule has 5 aromatic rings. The molecule has 0 saturated heterocycles. The highest BCUT2D eigenvalue weighted by Crippen LogP contribution is 2.39. The molecule has 0 unspecified atom stereocenters. The van der Waals surface area contributed by atoms with Gasteiger partial charge in [0.2, 0.25) is 0 Å². The van der Waals surface area contributed by atoms with Gasteiger partial charge in [0, 0.05) is 31.3 Å². The van der Waals surface area contributed by atoms with Crippen LogP contribution in [0.1, 0.15) is 11.1 Å². The number of nitroso groups, excluding NO2 is 1. The third-order valence-corrected chi connectivity index (χ3v) is 6.35. The molecule has 8 nitrogen and oxygen atoms in total. The van der Waals surface area contributed by atoms with E-state index in [-0.39, 0.29) is 5.69 Å². The molecule has 0 saturated carbocycles. The zero-order chi connectivity index (χ0) is 23.2. The van der Waals surface area contributed by atoms with E-state index in [1.165, 1.54) is 11.1 Å². The van der Waals surface area contributed by atoms with Gasteiger partial charge in [0.15, 0.2) is 11.5 Å². The van der Waals surface area contributed by atoms with Gasteiger partial charge in [0.05, 0.1) is 18.1 Å². The molecular weight excluding hydrogens is 428 g/mol. The molecule has 6 rings (SSSR count). The van der Waals surface area contributed by atoms with Crippen molar-refractivity contribution in [1.82, 2.24) is 25.1 Å². The van der Waals surface area contributed by atoms with Crippen molar-refractivity contribution in [3.05, 3.63) is 76.7 Å². The number of hydrogen-bond donors (Lipinski definition) is 2. The number of fused-ring (bicyclic) bond motifs is 2. The lowest BCUT2D eigenvalue weighted by Gasteiger charge is -2.08. The van der Waals surface area contributed by atoms with Crippen LogP contribution in [0.3, 0.4) is 0 Å². The van der Waals surface area contributed by atoms with Gasteiger partial charge in [-0.2, -0.15) is 5.10 Å². The Morgan fingerprint density at radius 1 is 1.00 bits per heavy atom. The van der Waals surface area contributed by atoms with Crippen LogP contribution in [0.2, 0.25) is 0 Å². The van der Waals surface area contributed by atoms with Crippen LogP contribution in [0.25, 0.3) is 44.9 Å². The molecule has 34 heavy (non-hydrogen) atoms. The van der Waals surface area contributed by atoms with Crippen LogP contribution in [0.5, 0.6) is 5.75 Å². The van der Waals surface area contributed by atoms with Crippen LogP contribution in [0, 0.1) is 4.91 Å². The van der Waals surface area contributed by atoms with Crippen molar-refractivity contribution >= 4 is 16.7 Å². The molecule has 0 radical (unpaired) electrons.